The van der Waals surface area contributed by atoms with Gasteiger partial charge in [0.25, 0.3) is 0 Å². The SMILES string of the molecule is CCCCCCCC/C=C/CCCCCCCCCC(=O)O[C@H](COC(=O)CCCCCCCCCCCCCCCC)COC(=O)CCCCCCCCCCCCCCCCCCCC. The largest absolute Gasteiger partial charge is 0.462 e. The third kappa shape index (κ3) is 55.0. The van der Waals surface area contributed by atoms with Crippen molar-refractivity contribution in [1.29, 1.82) is 0 Å². The Morgan fingerprint density at radius 3 is 0.746 bits per heavy atom. The molecule has 0 aromatic rings. The molecular formula is C61H116O6. The second-order valence-corrected chi connectivity index (χ2v) is 20.6. The molecule has 396 valence electrons. The summed E-state index contributed by atoms with van der Waals surface area (Å²) in [5.74, 6) is -0.843. The highest BCUT2D eigenvalue weighted by Crippen LogP contribution is 2.17. The lowest BCUT2D eigenvalue weighted by Gasteiger charge is -2.18. The van der Waals surface area contributed by atoms with Crippen LogP contribution < -0.4 is 0 Å². The van der Waals surface area contributed by atoms with Crippen LogP contribution >= 0.6 is 0 Å². The summed E-state index contributed by atoms with van der Waals surface area (Å²) >= 11 is 0. The molecule has 0 spiro atoms. The maximum absolute atomic E-state index is 12.9. The minimum Gasteiger partial charge on any atom is -0.462 e. The summed E-state index contributed by atoms with van der Waals surface area (Å²) in [5.41, 5.74) is 0. The Labute approximate surface area is 418 Å². The van der Waals surface area contributed by atoms with E-state index in [1.54, 1.807) is 0 Å². The molecule has 1 atom stereocenters. The van der Waals surface area contributed by atoms with Gasteiger partial charge in [-0.25, -0.2) is 0 Å². The standard InChI is InChI=1S/C61H116O6/c1-4-7-10-13-16-19-22-25-28-30-32-33-36-39-42-45-48-51-54-60(63)66-57-58(56-65-59(62)53-50-47-44-41-38-35-27-24-21-18-15-12-9-6-3)67-61(64)55-52-49-46-43-40-37-34-31-29-26-23-20-17-14-11-8-5-2/h26,29,58H,4-25,27-28,30-57H2,1-3H3/b29-26+/t58-/m1/s1. The average Bonchev–Trinajstić information content (AvgIpc) is 3.33. The summed E-state index contributed by atoms with van der Waals surface area (Å²) in [7, 11) is 0. The predicted molar refractivity (Wildman–Crippen MR) is 289 cm³/mol. The molecular weight excluding hydrogens is 829 g/mol. The lowest BCUT2D eigenvalue weighted by atomic mass is 10.0. The Hall–Kier alpha value is -1.85. The predicted octanol–water partition coefficient (Wildman–Crippen LogP) is 20.1. The van der Waals surface area contributed by atoms with Crippen LogP contribution in [0.3, 0.4) is 0 Å². The zero-order chi connectivity index (χ0) is 48.6. The number of esters is 3. The fraction of sp³-hybridized carbons (Fsp3) is 0.918. The monoisotopic (exact) mass is 945 g/mol. The van der Waals surface area contributed by atoms with E-state index in [0.29, 0.717) is 19.3 Å². The van der Waals surface area contributed by atoms with E-state index in [0.717, 1.165) is 57.8 Å². The van der Waals surface area contributed by atoms with Crippen LogP contribution in [0, 0.1) is 0 Å². The number of ether oxygens (including phenoxy) is 3. The molecule has 67 heavy (non-hydrogen) atoms. The molecule has 0 unspecified atom stereocenters. The summed E-state index contributed by atoms with van der Waals surface area (Å²) in [5, 5.41) is 0. The number of hydrogen-bond acceptors (Lipinski definition) is 6. The zero-order valence-electron chi connectivity index (χ0n) is 45.5. The molecule has 0 rings (SSSR count). The van der Waals surface area contributed by atoms with Gasteiger partial charge in [-0.1, -0.05) is 290 Å². The highest BCUT2D eigenvalue weighted by molar-refractivity contribution is 5.71. The van der Waals surface area contributed by atoms with Crippen LogP contribution in [0.25, 0.3) is 0 Å². The fourth-order valence-corrected chi connectivity index (χ4v) is 9.21. The van der Waals surface area contributed by atoms with Crippen molar-refractivity contribution in [2.45, 2.75) is 348 Å². The van der Waals surface area contributed by atoms with Gasteiger partial charge in [-0.15, -0.1) is 0 Å². The van der Waals surface area contributed by atoms with Crippen molar-refractivity contribution in [3.8, 4) is 0 Å². The van der Waals surface area contributed by atoms with Crippen molar-refractivity contribution in [1.82, 2.24) is 0 Å². The second-order valence-electron chi connectivity index (χ2n) is 20.6. The van der Waals surface area contributed by atoms with Crippen molar-refractivity contribution in [2.75, 3.05) is 13.2 Å². The quantitative estimate of drug-likeness (QED) is 0.0262. The minimum atomic E-state index is -0.767. The topological polar surface area (TPSA) is 78.9 Å². The molecule has 0 aliphatic rings. The van der Waals surface area contributed by atoms with Crippen molar-refractivity contribution in [2.24, 2.45) is 0 Å². The van der Waals surface area contributed by atoms with Gasteiger partial charge in [0.1, 0.15) is 13.2 Å². The van der Waals surface area contributed by atoms with Crippen LogP contribution in [0.4, 0.5) is 0 Å². The van der Waals surface area contributed by atoms with Gasteiger partial charge in [-0.05, 0) is 44.9 Å². The molecule has 0 aromatic carbocycles. The lowest BCUT2D eigenvalue weighted by molar-refractivity contribution is -0.167. The average molecular weight is 946 g/mol. The summed E-state index contributed by atoms with van der Waals surface area (Å²) in [6.07, 6.45) is 64.9. The maximum Gasteiger partial charge on any atom is 0.306 e. The molecule has 0 bridgehead atoms. The second kappa shape index (κ2) is 56.7. The van der Waals surface area contributed by atoms with Crippen molar-refractivity contribution < 1.29 is 28.6 Å². The summed E-state index contributed by atoms with van der Waals surface area (Å²) in [6.45, 7) is 6.70. The highest BCUT2D eigenvalue weighted by atomic mass is 16.6. The van der Waals surface area contributed by atoms with Gasteiger partial charge in [0.15, 0.2) is 6.10 Å². The number of allylic oxidation sites excluding steroid dienone is 2. The van der Waals surface area contributed by atoms with Gasteiger partial charge < -0.3 is 14.2 Å². The van der Waals surface area contributed by atoms with E-state index >= 15 is 0 Å². The van der Waals surface area contributed by atoms with Crippen LogP contribution in [0.15, 0.2) is 12.2 Å². The smallest absolute Gasteiger partial charge is 0.306 e. The van der Waals surface area contributed by atoms with Gasteiger partial charge in [0.05, 0.1) is 0 Å². The number of carbonyl (C=O) groups is 3. The molecule has 6 nitrogen and oxygen atoms in total. The minimum absolute atomic E-state index is 0.0655. The van der Waals surface area contributed by atoms with Gasteiger partial charge >= 0.3 is 17.9 Å². The number of rotatable bonds is 56. The third-order valence-corrected chi connectivity index (χ3v) is 13.8. The Bertz CT molecular complexity index is 1040. The molecule has 0 fully saturated rings. The first-order valence-electron chi connectivity index (χ1n) is 30.2. The number of unbranched alkanes of at least 4 members (excludes halogenated alkanes) is 43. The van der Waals surface area contributed by atoms with Crippen LogP contribution in [-0.2, 0) is 28.6 Å². The van der Waals surface area contributed by atoms with Gasteiger partial charge in [-0.3, -0.25) is 14.4 Å². The maximum atomic E-state index is 12.9. The van der Waals surface area contributed by atoms with E-state index in [2.05, 4.69) is 32.9 Å². The Balaban J connectivity index is 4.30. The first-order chi connectivity index (χ1) is 33.0. The molecule has 6 heteroatoms. The molecule has 0 saturated carbocycles. The van der Waals surface area contributed by atoms with E-state index in [-0.39, 0.29) is 31.1 Å². The van der Waals surface area contributed by atoms with E-state index in [1.807, 2.05) is 0 Å². The lowest BCUT2D eigenvalue weighted by Crippen LogP contribution is -2.30. The van der Waals surface area contributed by atoms with Gasteiger partial charge in [-0.2, -0.15) is 0 Å². The van der Waals surface area contributed by atoms with Crippen molar-refractivity contribution in [3.05, 3.63) is 12.2 Å². The van der Waals surface area contributed by atoms with E-state index in [1.165, 1.54) is 244 Å². The normalized spacial score (nSPS) is 12.0. The van der Waals surface area contributed by atoms with E-state index in [4.69, 9.17) is 14.2 Å². The number of hydrogen-bond donors (Lipinski definition) is 0. The van der Waals surface area contributed by atoms with Crippen molar-refractivity contribution >= 4 is 17.9 Å². The molecule has 0 aliphatic carbocycles. The zero-order valence-corrected chi connectivity index (χ0v) is 45.5. The summed E-state index contributed by atoms with van der Waals surface area (Å²) in [6, 6.07) is 0. The number of carbonyl (C=O) groups excluding carboxylic acids is 3. The fourth-order valence-electron chi connectivity index (χ4n) is 9.21. The molecule has 0 N–H and O–H groups in total. The van der Waals surface area contributed by atoms with E-state index in [9.17, 15) is 14.4 Å². The Morgan fingerprint density at radius 1 is 0.284 bits per heavy atom. The van der Waals surface area contributed by atoms with Crippen LogP contribution in [0.5, 0.6) is 0 Å². The Morgan fingerprint density at radius 2 is 0.493 bits per heavy atom. The highest BCUT2D eigenvalue weighted by Gasteiger charge is 2.19. The molecule has 0 aliphatic heterocycles. The molecule has 0 radical (unpaired) electrons. The first kappa shape index (κ1) is 65.1. The van der Waals surface area contributed by atoms with Crippen LogP contribution in [0.2, 0.25) is 0 Å². The van der Waals surface area contributed by atoms with Gasteiger partial charge in [0, 0.05) is 19.3 Å². The van der Waals surface area contributed by atoms with Crippen molar-refractivity contribution in [3.63, 3.8) is 0 Å². The first-order valence-corrected chi connectivity index (χ1v) is 30.2. The summed E-state index contributed by atoms with van der Waals surface area (Å²) in [4.78, 5) is 38.2. The molecule has 0 aromatic heterocycles. The third-order valence-electron chi connectivity index (χ3n) is 13.8. The summed E-state index contributed by atoms with van der Waals surface area (Å²) < 4.78 is 16.9. The van der Waals surface area contributed by atoms with E-state index < -0.39 is 6.10 Å². The van der Waals surface area contributed by atoms with Gasteiger partial charge in [0.2, 0.25) is 0 Å². The molecule has 0 saturated heterocycles. The molecule has 0 heterocycles. The van der Waals surface area contributed by atoms with Crippen LogP contribution in [0.1, 0.15) is 342 Å². The molecule has 0 amide bonds. The van der Waals surface area contributed by atoms with Crippen LogP contribution in [-0.4, -0.2) is 37.2 Å². The Kier molecular flexibility index (Phi) is 55.2.